The maximum atomic E-state index is 13.4. The van der Waals surface area contributed by atoms with Gasteiger partial charge in [-0.2, -0.15) is 0 Å². The first-order valence-corrected chi connectivity index (χ1v) is 11.7. The fraction of sp³-hybridized carbons (Fsp3) is 0.500. The fourth-order valence-corrected chi connectivity index (χ4v) is 4.80. The number of fused-ring (bicyclic) bond motifs is 1. The van der Waals surface area contributed by atoms with E-state index in [4.69, 9.17) is 14.2 Å². The van der Waals surface area contributed by atoms with E-state index in [-0.39, 0.29) is 30.3 Å². The van der Waals surface area contributed by atoms with Gasteiger partial charge < -0.3 is 24.0 Å². The van der Waals surface area contributed by atoms with Crippen molar-refractivity contribution >= 4 is 23.2 Å². The molecule has 0 saturated carbocycles. The number of rotatable bonds is 10. The molecule has 0 bridgehead atoms. The van der Waals surface area contributed by atoms with Crippen LogP contribution in [0, 0.1) is 5.92 Å². The van der Waals surface area contributed by atoms with Crippen LogP contribution in [0.2, 0.25) is 0 Å². The summed E-state index contributed by atoms with van der Waals surface area (Å²) in [7, 11) is 3.20. The molecule has 2 amide bonds. The molecule has 2 aromatic rings. The second kappa shape index (κ2) is 11.3. The standard InChI is InChI=1S/C24H32N2O5S/c1-17(2)24(28)25(12-13-29-3)15-23(27)26-11-9-22-18(10-14-32-22)19(26)16-31-21-8-6-5-7-20(21)30-4/h5-8,10,14,17,19H,9,11-13,15-16H2,1-4H3/t19-/m0/s1. The van der Waals surface area contributed by atoms with Gasteiger partial charge in [-0.25, -0.2) is 0 Å². The molecule has 1 aliphatic heterocycles. The zero-order chi connectivity index (χ0) is 23.1. The number of amides is 2. The lowest BCUT2D eigenvalue weighted by Gasteiger charge is -2.37. The van der Waals surface area contributed by atoms with Crippen LogP contribution < -0.4 is 9.47 Å². The van der Waals surface area contributed by atoms with E-state index in [2.05, 4.69) is 11.4 Å². The van der Waals surface area contributed by atoms with Crippen molar-refractivity contribution in [3.8, 4) is 11.5 Å². The SMILES string of the molecule is COCCN(CC(=O)N1CCc2sccc2[C@@H]1COc1ccccc1OC)C(=O)C(C)C. The summed E-state index contributed by atoms with van der Waals surface area (Å²) in [6, 6.07) is 9.33. The van der Waals surface area contributed by atoms with Gasteiger partial charge in [0.15, 0.2) is 11.5 Å². The van der Waals surface area contributed by atoms with E-state index in [0.717, 1.165) is 12.0 Å². The molecule has 1 aromatic carbocycles. The minimum atomic E-state index is -0.221. The van der Waals surface area contributed by atoms with E-state index in [9.17, 15) is 9.59 Å². The number of carbonyl (C=O) groups excluding carboxylic acids is 2. The third-order valence-corrected chi connectivity index (χ3v) is 6.57. The smallest absolute Gasteiger partial charge is 0.242 e. The Morgan fingerprint density at radius 1 is 1.19 bits per heavy atom. The highest BCUT2D eigenvalue weighted by atomic mass is 32.1. The van der Waals surface area contributed by atoms with Crippen molar-refractivity contribution in [2.45, 2.75) is 26.3 Å². The van der Waals surface area contributed by atoms with E-state index in [1.807, 2.05) is 43.0 Å². The Morgan fingerprint density at radius 3 is 2.62 bits per heavy atom. The molecule has 174 valence electrons. The Labute approximate surface area is 193 Å². The molecule has 8 heteroatoms. The van der Waals surface area contributed by atoms with Gasteiger partial charge in [0, 0.05) is 31.0 Å². The molecular weight excluding hydrogens is 428 g/mol. The Morgan fingerprint density at radius 2 is 1.94 bits per heavy atom. The number of carbonyl (C=O) groups is 2. The molecule has 0 radical (unpaired) electrons. The predicted octanol–water partition coefficient (Wildman–Crippen LogP) is 3.39. The molecule has 7 nitrogen and oxygen atoms in total. The topological polar surface area (TPSA) is 68.3 Å². The van der Waals surface area contributed by atoms with Gasteiger partial charge >= 0.3 is 0 Å². The molecule has 32 heavy (non-hydrogen) atoms. The van der Waals surface area contributed by atoms with Crippen LogP contribution >= 0.6 is 11.3 Å². The van der Waals surface area contributed by atoms with E-state index >= 15 is 0 Å². The number of methoxy groups -OCH3 is 2. The normalized spacial score (nSPS) is 15.4. The Bertz CT molecular complexity index is 913. The van der Waals surface area contributed by atoms with Crippen molar-refractivity contribution in [1.82, 2.24) is 9.80 Å². The molecular formula is C24H32N2O5S. The van der Waals surface area contributed by atoms with Gasteiger partial charge in [0.1, 0.15) is 6.61 Å². The molecule has 1 atom stereocenters. The summed E-state index contributed by atoms with van der Waals surface area (Å²) in [5, 5.41) is 2.06. The van der Waals surface area contributed by atoms with E-state index in [0.29, 0.717) is 37.8 Å². The first-order chi connectivity index (χ1) is 15.5. The molecule has 0 fully saturated rings. The highest BCUT2D eigenvalue weighted by molar-refractivity contribution is 7.10. The maximum absolute atomic E-state index is 13.4. The summed E-state index contributed by atoms with van der Waals surface area (Å²) in [4.78, 5) is 30.8. The fourth-order valence-electron chi connectivity index (χ4n) is 3.87. The summed E-state index contributed by atoms with van der Waals surface area (Å²) >= 11 is 1.71. The van der Waals surface area contributed by atoms with Gasteiger partial charge in [0.05, 0.1) is 26.3 Å². The highest BCUT2D eigenvalue weighted by Crippen LogP contribution is 2.35. The molecule has 0 saturated heterocycles. The molecule has 1 aliphatic rings. The van der Waals surface area contributed by atoms with Crippen LogP contribution in [0.15, 0.2) is 35.7 Å². The third-order valence-electron chi connectivity index (χ3n) is 5.58. The average molecular weight is 461 g/mol. The lowest BCUT2D eigenvalue weighted by atomic mass is 10.00. The zero-order valence-electron chi connectivity index (χ0n) is 19.2. The summed E-state index contributed by atoms with van der Waals surface area (Å²) in [5.41, 5.74) is 1.11. The monoisotopic (exact) mass is 460 g/mol. The summed E-state index contributed by atoms with van der Waals surface area (Å²) in [6.07, 6.45) is 0.806. The van der Waals surface area contributed by atoms with Gasteiger partial charge in [0.2, 0.25) is 11.8 Å². The van der Waals surface area contributed by atoms with Gasteiger partial charge in [-0.15, -0.1) is 11.3 Å². The minimum absolute atomic E-state index is 0.0327. The molecule has 0 N–H and O–H groups in total. The van der Waals surface area contributed by atoms with Crippen LogP contribution in [0.1, 0.15) is 30.3 Å². The molecule has 0 spiro atoms. The maximum Gasteiger partial charge on any atom is 0.242 e. The van der Waals surface area contributed by atoms with Crippen LogP contribution in [0.5, 0.6) is 11.5 Å². The molecule has 3 rings (SSSR count). The Hall–Kier alpha value is -2.58. The summed E-state index contributed by atoms with van der Waals surface area (Å²) < 4.78 is 16.7. The van der Waals surface area contributed by atoms with E-state index in [1.165, 1.54) is 4.88 Å². The summed E-state index contributed by atoms with van der Waals surface area (Å²) in [5.74, 6) is 0.974. The van der Waals surface area contributed by atoms with E-state index < -0.39 is 0 Å². The lowest BCUT2D eigenvalue weighted by Crippen LogP contribution is -2.49. The number of hydrogen-bond donors (Lipinski definition) is 0. The summed E-state index contributed by atoms with van der Waals surface area (Å²) in [6.45, 7) is 5.40. The van der Waals surface area contributed by atoms with Gasteiger partial charge in [-0.1, -0.05) is 26.0 Å². The molecule has 1 aromatic heterocycles. The minimum Gasteiger partial charge on any atom is -0.493 e. The molecule has 2 heterocycles. The number of hydrogen-bond acceptors (Lipinski definition) is 6. The Balaban J connectivity index is 1.78. The van der Waals surface area contributed by atoms with Gasteiger partial charge in [-0.3, -0.25) is 9.59 Å². The first kappa shape index (κ1) is 24.1. The number of ether oxygens (including phenoxy) is 3. The van der Waals surface area contributed by atoms with Crippen LogP contribution in [0.3, 0.4) is 0 Å². The van der Waals surface area contributed by atoms with Crippen LogP contribution in [-0.4, -0.2) is 68.7 Å². The van der Waals surface area contributed by atoms with Crippen molar-refractivity contribution in [1.29, 1.82) is 0 Å². The zero-order valence-corrected chi connectivity index (χ0v) is 20.0. The second-order valence-corrected chi connectivity index (χ2v) is 9.02. The van der Waals surface area contributed by atoms with Crippen LogP contribution in [0.4, 0.5) is 0 Å². The third kappa shape index (κ3) is 5.61. The first-order valence-electron chi connectivity index (χ1n) is 10.9. The number of para-hydroxylation sites is 2. The second-order valence-electron chi connectivity index (χ2n) is 8.02. The number of benzene rings is 1. The predicted molar refractivity (Wildman–Crippen MR) is 124 cm³/mol. The Kier molecular flexibility index (Phi) is 8.53. The van der Waals surface area contributed by atoms with Crippen LogP contribution in [0.25, 0.3) is 0 Å². The van der Waals surface area contributed by atoms with Gasteiger partial charge in [0.25, 0.3) is 0 Å². The lowest BCUT2D eigenvalue weighted by molar-refractivity contribution is -0.144. The van der Waals surface area contributed by atoms with Crippen LogP contribution in [-0.2, 0) is 20.7 Å². The molecule has 0 aliphatic carbocycles. The quantitative estimate of drug-likeness (QED) is 0.544. The van der Waals surface area contributed by atoms with Crippen molar-refractivity contribution in [2.75, 3.05) is 47.1 Å². The van der Waals surface area contributed by atoms with Crippen molar-refractivity contribution in [3.63, 3.8) is 0 Å². The van der Waals surface area contributed by atoms with Crippen molar-refractivity contribution in [2.24, 2.45) is 5.92 Å². The highest BCUT2D eigenvalue weighted by Gasteiger charge is 2.34. The van der Waals surface area contributed by atoms with Gasteiger partial charge in [-0.05, 0) is 35.6 Å². The van der Waals surface area contributed by atoms with Crippen molar-refractivity contribution < 1.29 is 23.8 Å². The number of thiophene rings is 1. The average Bonchev–Trinajstić information content (AvgIpc) is 3.28. The largest absolute Gasteiger partial charge is 0.493 e. The molecule has 0 unspecified atom stereocenters. The number of nitrogens with zero attached hydrogens (tertiary/aromatic N) is 2. The van der Waals surface area contributed by atoms with E-state index in [1.54, 1.807) is 30.5 Å². The van der Waals surface area contributed by atoms with Crippen molar-refractivity contribution in [3.05, 3.63) is 46.2 Å².